The third-order valence-corrected chi connectivity index (χ3v) is 17.8. The van der Waals surface area contributed by atoms with Gasteiger partial charge in [0.05, 0.1) is 0 Å². The van der Waals surface area contributed by atoms with Crippen molar-refractivity contribution in [2.24, 2.45) is 5.92 Å². The molecule has 0 aliphatic heterocycles. The molecule has 0 radical (unpaired) electrons. The molecule has 5 rings (SSSR count). The van der Waals surface area contributed by atoms with Crippen molar-refractivity contribution in [3.8, 4) is 0 Å². The van der Waals surface area contributed by atoms with Crippen molar-refractivity contribution >= 4 is 15.8 Å². The molecule has 0 aromatic carbocycles. The van der Waals surface area contributed by atoms with Crippen molar-refractivity contribution in [3.63, 3.8) is 0 Å². The topological polar surface area (TPSA) is 0 Å². The molecule has 0 aromatic heterocycles. The van der Waals surface area contributed by atoms with Gasteiger partial charge in [-0.3, -0.25) is 0 Å². The molecular weight excluding hydrogens is 434 g/mol. The van der Waals surface area contributed by atoms with E-state index in [9.17, 15) is 0 Å². The molecule has 0 aromatic rings. The van der Waals surface area contributed by atoms with Crippen molar-refractivity contribution in [3.05, 3.63) is 23.5 Å². The number of allylic oxidation sites excluding steroid dienone is 4. The lowest BCUT2D eigenvalue weighted by Gasteiger charge is -2.46. The minimum atomic E-state index is 0.0795. The Balaban J connectivity index is 1.39. The van der Waals surface area contributed by atoms with Crippen LogP contribution in [0.5, 0.6) is 0 Å². The molecule has 0 unspecified atom stereocenters. The van der Waals surface area contributed by atoms with E-state index in [1.54, 1.807) is 51.4 Å². The normalized spacial score (nSPS) is 30.3. The smallest absolute Gasteiger partial charge is 0.00908 e. The number of rotatable bonds is 7. The third-order valence-electron chi connectivity index (χ3n) is 10.1. The Labute approximate surface area is 208 Å². The maximum Gasteiger partial charge on any atom is 0.00908 e. The van der Waals surface area contributed by atoms with Crippen LogP contribution in [0.2, 0.25) is 0 Å². The van der Waals surface area contributed by atoms with Crippen LogP contribution in [0.25, 0.3) is 0 Å². The van der Waals surface area contributed by atoms with Gasteiger partial charge in [0.2, 0.25) is 0 Å². The van der Waals surface area contributed by atoms with Gasteiger partial charge in [0.15, 0.2) is 0 Å². The third kappa shape index (κ3) is 6.02. The molecule has 0 amide bonds. The predicted octanol–water partition coefficient (Wildman–Crippen LogP) is 10.7. The van der Waals surface area contributed by atoms with E-state index in [4.69, 9.17) is 0 Å². The molecule has 4 fully saturated rings. The largest absolute Gasteiger partial charge is 0.0965 e. The van der Waals surface area contributed by atoms with E-state index < -0.39 is 0 Å². The van der Waals surface area contributed by atoms with E-state index in [1.165, 1.54) is 77.0 Å². The quantitative estimate of drug-likeness (QED) is 0.314. The minimum Gasteiger partial charge on any atom is -0.0965 e. The maximum atomic E-state index is 2.76. The van der Waals surface area contributed by atoms with Crippen LogP contribution in [0.4, 0.5) is 0 Å². The Bertz CT molecular complexity index is 606. The van der Waals surface area contributed by atoms with Crippen molar-refractivity contribution in [2.45, 2.75) is 164 Å². The van der Waals surface area contributed by atoms with E-state index in [1.807, 2.05) is 5.31 Å². The van der Waals surface area contributed by atoms with Gasteiger partial charge < -0.3 is 0 Å². The van der Waals surface area contributed by atoms with Crippen LogP contribution in [0, 0.1) is 5.92 Å². The fraction of sp³-hybridized carbons (Fsp3) is 0.871. The van der Waals surface area contributed by atoms with Gasteiger partial charge in [-0.2, -0.15) is 0 Å². The average molecular weight is 487 g/mol. The molecule has 0 N–H and O–H groups in total. The summed E-state index contributed by atoms with van der Waals surface area (Å²) in [5, 5.41) is 2.01. The highest BCUT2D eigenvalue weighted by atomic mass is 31.1. The second kappa shape index (κ2) is 12.5. The fourth-order valence-corrected chi connectivity index (χ4v) is 17.3. The van der Waals surface area contributed by atoms with Crippen molar-refractivity contribution in [1.82, 2.24) is 0 Å². The second-order valence-corrected chi connectivity index (χ2v) is 18.2. The molecule has 5 aliphatic rings. The van der Waals surface area contributed by atoms with E-state index >= 15 is 0 Å². The van der Waals surface area contributed by atoms with Crippen LogP contribution in [0.1, 0.15) is 135 Å². The summed E-state index contributed by atoms with van der Waals surface area (Å²) >= 11 is 0. The Hall–Kier alpha value is 0.340. The summed E-state index contributed by atoms with van der Waals surface area (Å²) in [6.07, 6.45) is 38.7. The fourth-order valence-electron chi connectivity index (χ4n) is 8.49. The molecule has 0 heterocycles. The van der Waals surface area contributed by atoms with E-state index in [0.29, 0.717) is 0 Å². The van der Waals surface area contributed by atoms with Gasteiger partial charge in [0.1, 0.15) is 0 Å². The molecule has 2 heteroatoms. The van der Waals surface area contributed by atoms with Gasteiger partial charge in [0.25, 0.3) is 0 Å². The first-order chi connectivity index (χ1) is 16.3. The molecule has 0 spiro atoms. The Morgan fingerprint density at radius 1 is 0.576 bits per heavy atom. The van der Waals surface area contributed by atoms with E-state index in [0.717, 1.165) is 34.2 Å². The Morgan fingerprint density at radius 2 is 0.970 bits per heavy atom. The van der Waals surface area contributed by atoms with Crippen molar-refractivity contribution in [2.75, 3.05) is 0 Å². The molecule has 0 nitrogen and oxygen atoms in total. The summed E-state index contributed by atoms with van der Waals surface area (Å²) in [4.78, 5) is 0. The van der Waals surface area contributed by atoms with Gasteiger partial charge in [-0.05, 0) is 85.0 Å². The summed E-state index contributed by atoms with van der Waals surface area (Å²) in [5.41, 5.74) is 5.25. The predicted molar refractivity (Wildman–Crippen MR) is 152 cm³/mol. The van der Waals surface area contributed by atoms with E-state index in [-0.39, 0.29) is 15.8 Å². The monoisotopic (exact) mass is 486 g/mol. The zero-order chi connectivity index (χ0) is 22.5. The Kier molecular flexibility index (Phi) is 9.50. The van der Waals surface area contributed by atoms with Crippen molar-refractivity contribution in [1.29, 1.82) is 0 Å². The van der Waals surface area contributed by atoms with Crippen LogP contribution in [-0.4, -0.2) is 28.3 Å². The van der Waals surface area contributed by atoms with E-state index in [2.05, 4.69) is 25.2 Å². The molecule has 0 saturated heterocycles. The summed E-state index contributed by atoms with van der Waals surface area (Å²) in [6.45, 7) is 2.76. The lowest BCUT2D eigenvalue weighted by molar-refractivity contribution is 0.477. The molecule has 33 heavy (non-hydrogen) atoms. The molecule has 0 bridgehead atoms. The zero-order valence-electron chi connectivity index (χ0n) is 21.7. The second-order valence-electron chi connectivity index (χ2n) is 12.3. The molecule has 186 valence electrons. The van der Waals surface area contributed by atoms with Gasteiger partial charge in [-0.1, -0.05) is 118 Å². The Morgan fingerprint density at radius 3 is 1.39 bits per heavy atom. The first-order valence-corrected chi connectivity index (χ1v) is 18.3. The molecular formula is C31H52P2. The first kappa shape index (κ1) is 25.0. The van der Waals surface area contributed by atoms with Crippen LogP contribution >= 0.6 is 15.8 Å². The van der Waals surface area contributed by atoms with Gasteiger partial charge in [0, 0.05) is 5.92 Å². The standard InChI is InChI=1S/C31H52P2/c1-25(32(26-15-6-2-7-16-26)27-17-8-3-9-18-27)30-23-14-24-31(30)33(28-19-10-4-11-20-28)29-21-12-5-13-22-29/h14,23-30H,2-13,15-22H2,1H3/t25-,30-/m1/s1. The molecule has 5 aliphatic carbocycles. The molecule has 2 atom stereocenters. The minimum absolute atomic E-state index is 0.0795. The lowest BCUT2D eigenvalue weighted by Crippen LogP contribution is -2.30. The summed E-state index contributed by atoms with van der Waals surface area (Å²) in [5.74, 6) is 0.815. The molecule has 4 saturated carbocycles. The van der Waals surface area contributed by atoms with Crippen molar-refractivity contribution < 1.29 is 0 Å². The summed E-state index contributed by atoms with van der Waals surface area (Å²) in [7, 11) is 0.242. The van der Waals surface area contributed by atoms with Crippen LogP contribution in [-0.2, 0) is 0 Å². The zero-order valence-corrected chi connectivity index (χ0v) is 23.5. The highest BCUT2D eigenvalue weighted by molar-refractivity contribution is 7.64. The highest BCUT2D eigenvalue weighted by Gasteiger charge is 2.42. The van der Waals surface area contributed by atoms with Gasteiger partial charge >= 0.3 is 0 Å². The SMILES string of the molecule is C[C@H]([C@H]1C=CC=C1P(C1CCCCC1)C1CCCCC1)P(C1CCCCC1)C1CCCCC1. The van der Waals surface area contributed by atoms with Crippen LogP contribution in [0.3, 0.4) is 0 Å². The van der Waals surface area contributed by atoms with Crippen LogP contribution in [0.15, 0.2) is 23.5 Å². The number of hydrogen-bond donors (Lipinski definition) is 0. The first-order valence-electron chi connectivity index (χ1n) is 15.3. The highest BCUT2D eigenvalue weighted by Crippen LogP contribution is 2.68. The van der Waals surface area contributed by atoms with Crippen LogP contribution < -0.4 is 0 Å². The van der Waals surface area contributed by atoms with Gasteiger partial charge in [-0.25, -0.2) is 0 Å². The van der Waals surface area contributed by atoms with Gasteiger partial charge in [-0.15, -0.1) is 0 Å². The summed E-state index contributed by atoms with van der Waals surface area (Å²) < 4.78 is 0. The lowest BCUT2D eigenvalue weighted by atomic mass is 9.99. The average Bonchev–Trinajstić information content (AvgIpc) is 3.36. The number of hydrogen-bond acceptors (Lipinski definition) is 0. The maximum absolute atomic E-state index is 2.76. The summed E-state index contributed by atoms with van der Waals surface area (Å²) in [6, 6.07) is 0.